The van der Waals surface area contributed by atoms with Crippen molar-refractivity contribution in [1.82, 2.24) is 9.97 Å². The molecule has 0 atom stereocenters. The Bertz CT molecular complexity index is 1950. The number of aromatic amines is 2. The molecule has 8 bridgehead atoms. The first-order chi connectivity index (χ1) is 20.8. The average Bonchev–Trinajstić information content (AvgIpc) is 3.83. The van der Waals surface area contributed by atoms with Crippen molar-refractivity contribution < 1.29 is 4.42 Å². The number of fused-ring (bicyclic) bond motifs is 11. The first-order valence-electron chi connectivity index (χ1n) is 15.4. The van der Waals surface area contributed by atoms with Gasteiger partial charge in [-0.25, -0.2) is 0 Å². The van der Waals surface area contributed by atoms with Crippen LogP contribution in [0.1, 0.15) is 89.7 Å². The molecule has 2 aromatic carbocycles. The van der Waals surface area contributed by atoms with Gasteiger partial charge in [0, 0.05) is 44.8 Å². The lowest BCUT2D eigenvalue weighted by atomic mass is 9.82. The summed E-state index contributed by atoms with van der Waals surface area (Å²) in [6.07, 6.45) is 3.62. The highest BCUT2D eigenvalue weighted by molar-refractivity contribution is 7.32. The van der Waals surface area contributed by atoms with Crippen molar-refractivity contribution in [3.05, 3.63) is 164 Å². The zero-order chi connectivity index (χ0) is 29.3. The molecule has 0 unspecified atom stereocenters. The molecule has 2 N–H and O–H groups in total. The number of rotatable bonds is 2. The first-order valence-corrected chi connectivity index (χ1v) is 16.4. The Balaban J connectivity index is 1.50. The minimum Gasteiger partial charge on any atom is -0.456 e. The van der Waals surface area contributed by atoms with Gasteiger partial charge in [0.15, 0.2) is 0 Å². The third kappa shape index (κ3) is 4.09. The molecule has 43 heavy (non-hydrogen) atoms. The lowest BCUT2D eigenvalue weighted by Crippen LogP contribution is -2.20. The van der Waals surface area contributed by atoms with Crippen LogP contribution < -0.4 is 10.8 Å². The molecule has 2 aliphatic rings. The van der Waals surface area contributed by atoms with Crippen molar-refractivity contribution in [3.8, 4) is 0 Å². The number of hydrogen-bond donors (Lipinski definition) is 2. The van der Waals surface area contributed by atoms with Crippen molar-refractivity contribution in [2.75, 3.05) is 0 Å². The first kappa shape index (κ1) is 26.4. The van der Waals surface area contributed by atoms with E-state index in [1.165, 1.54) is 30.7 Å². The smallest absolute Gasteiger partial charge is 0.137 e. The fraction of sp³-hybridized carbons (Fsp3) is 0.231. The zero-order valence-corrected chi connectivity index (χ0v) is 26.3. The SMILES string of the molecule is CC1(C)c2ccc([nH]2)/C(c2ccccc2)=c2/cc/c(o2)=C(\c2ccccc2)c2ccc([nH]2)C(C)(C)c2[pH]c1c1c2CCC1. The molecular weight excluding hydrogens is 543 g/mol. The summed E-state index contributed by atoms with van der Waals surface area (Å²) in [7, 11) is 0.692. The topological polar surface area (TPSA) is 44.7 Å². The summed E-state index contributed by atoms with van der Waals surface area (Å²) in [5.74, 6) is 0. The summed E-state index contributed by atoms with van der Waals surface area (Å²) in [5.41, 5.74) is 13.8. The third-order valence-corrected chi connectivity index (χ3v) is 12.2. The van der Waals surface area contributed by atoms with Gasteiger partial charge in [0.05, 0.1) is 0 Å². The predicted molar refractivity (Wildman–Crippen MR) is 178 cm³/mol. The highest BCUT2D eigenvalue weighted by atomic mass is 31.0. The van der Waals surface area contributed by atoms with E-state index in [1.807, 2.05) is 0 Å². The molecule has 4 heteroatoms. The van der Waals surface area contributed by atoms with E-state index in [4.69, 9.17) is 4.42 Å². The second-order valence-electron chi connectivity index (χ2n) is 13.2. The van der Waals surface area contributed by atoms with Crippen molar-refractivity contribution >= 4 is 19.3 Å². The van der Waals surface area contributed by atoms with Gasteiger partial charge in [-0.1, -0.05) is 60.7 Å². The van der Waals surface area contributed by atoms with Crippen molar-refractivity contribution in [1.29, 1.82) is 0 Å². The molecule has 6 aromatic rings. The molecule has 214 valence electrons. The largest absolute Gasteiger partial charge is 0.456 e. The van der Waals surface area contributed by atoms with Gasteiger partial charge in [0.2, 0.25) is 0 Å². The standard InChI is InChI=1S/C39H37N2OP/c1-38(2)32-22-18-28(40-32)34(24-12-7-5-8-13-24)30-20-21-31(42-30)35(25-14-9-6-10-15-25)29-19-23-33(41-29)39(3,4)37-27-17-11-16-26(27)36(38)43-37/h5-10,12-15,18-23,40-41,43H,11,16-17H2,1-4H3/b34-30-,35-31-. The third-order valence-electron chi connectivity index (χ3n) is 9.80. The molecule has 0 fully saturated rings. The molecule has 3 nitrogen and oxygen atoms in total. The second kappa shape index (κ2) is 9.66. The highest BCUT2D eigenvalue weighted by Crippen LogP contribution is 2.52. The van der Waals surface area contributed by atoms with Gasteiger partial charge in [-0.05, 0) is 116 Å². The summed E-state index contributed by atoms with van der Waals surface area (Å²) in [4.78, 5) is 7.80. The number of benzene rings is 2. The average molecular weight is 581 g/mol. The van der Waals surface area contributed by atoms with E-state index in [0.29, 0.717) is 8.19 Å². The Morgan fingerprint density at radius 2 is 1.00 bits per heavy atom. The van der Waals surface area contributed by atoms with Crippen LogP contribution in [0.25, 0.3) is 11.1 Å². The minimum atomic E-state index is -0.109. The fourth-order valence-corrected chi connectivity index (χ4v) is 9.39. The van der Waals surface area contributed by atoms with Gasteiger partial charge in [0.25, 0.3) is 0 Å². The minimum absolute atomic E-state index is 0.109. The van der Waals surface area contributed by atoms with Gasteiger partial charge in [-0.15, -0.1) is 8.19 Å². The van der Waals surface area contributed by atoms with Gasteiger partial charge >= 0.3 is 0 Å². The molecule has 0 spiro atoms. The second-order valence-corrected chi connectivity index (χ2v) is 14.4. The number of nitrogens with one attached hydrogen (secondary N) is 2. The molecular formula is C39H37N2OP. The Morgan fingerprint density at radius 1 is 0.558 bits per heavy atom. The molecule has 4 aromatic heterocycles. The quantitative estimate of drug-likeness (QED) is 0.215. The van der Waals surface area contributed by atoms with Crippen LogP contribution in [0.5, 0.6) is 0 Å². The monoisotopic (exact) mass is 580 g/mol. The normalized spacial score (nSPS) is 19.5. The molecule has 8 rings (SSSR count). The molecule has 1 aliphatic carbocycles. The van der Waals surface area contributed by atoms with E-state index >= 15 is 0 Å². The van der Waals surface area contributed by atoms with Crippen LogP contribution in [-0.4, -0.2) is 9.97 Å². The van der Waals surface area contributed by atoms with E-state index in [2.05, 4.69) is 135 Å². The highest BCUT2D eigenvalue weighted by Gasteiger charge is 2.38. The van der Waals surface area contributed by atoms with Crippen LogP contribution in [0.3, 0.4) is 0 Å². The van der Waals surface area contributed by atoms with Crippen LogP contribution >= 0.6 is 8.19 Å². The van der Waals surface area contributed by atoms with Crippen molar-refractivity contribution in [3.63, 3.8) is 0 Å². The van der Waals surface area contributed by atoms with Gasteiger partial charge in [-0.3, -0.25) is 0 Å². The zero-order valence-electron chi connectivity index (χ0n) is 25.3. The van der Waals surface area contributed by atoms with Gasteiger partial charge in [-0.2, -0.15) is 0 Å². The molecule has 5 heterocycles. The number of H-pyrrole nitrogens is 2. The maximum atomic E-state index is 6.84. The molecule has 1 aliphatic heterocycles. The summed E-state index contributed by atoms with van der Waals surface area (Å²) < 4.78 is 6.84. The van der Waals surface area contributed by atoms with Crippen LogP contribution in [0.15, 0.2) is 101 Å². The predicted octanol–water partition coefficient (Wildman–Crippen LogP) is 7.92. The van der Waals surface area contributed by atoms with E-state index in [9.17, 15) is 0 Å². The van der Waals surface area contributed by atoms with Crippen molar-refractivity contribution in [2.45, 2.75) is 57.8 Å². The number of furan rings is 1. The lowest BCUT2D eigenvalue weighted by Gasteiger charge is -2.27. The summed E-state index contributed by atoms with van der Waals surface area (Å²) in [6, 6.07) is 34.6. The molecule has 0 saturated carbocycles. The van der Waals surface area contributed by atoms with Crippen LogP contribution in [-0.2, 0) is 23.7 Å². The van der Waals surface area contributed by atoms with Crippen molar-refractivity contribution in [2.24, 2.45) is 0 Å². The van der Waals surface area contributed by atoms with E-state index in [0.717, 1.165) is 44.5 Å². The molecule has 0 saturated heterocycles. The summed E-state index contributed by atoms with van der Waals surface area (Å²) in [6.45, 7) is 9.64. The maximum absolute atomic E-state index is 6.84. The Labute approximate surface area is 254 Å². The number of aromatic nitrogens is 2. The van der Waals surface area contributed by atoms with Gasteiger partial charge < -0.3 is 14.4 Å². The molecule has 0 amide bonds. The van der Waals surface area contributed by atoms with Crippen LogP contribution in [0.2, 0.25) is 0 Å². The molecule has 0 radical (unpaired) electrons. The number of hydrogen-bond acceptors (Lipinski definition) is 1. The van der Waals surface area contributed by atoms with E-state index < -0.39 is 0 Å². The Kier molecular flexibility index (Phi) is 5.94. The Morgan fingerprint density at radius 3 is 1.44 bits per heavy atom. The van der Waals surface area contributed by atoms with Crippen LogP contribution in [0.4, 0.5) is 0 Å². The fourth-order valence-electron chi connectivity index (χ4n) is 7.40. The van der Waals surface area contributed by atoms with E-state index in [-0.39, 0.29) is 10.8 Å². The van der Waals surface area contributed by atoms with Crippen LogP contribution in [0, 0.1) is 0 Å². The lowest BCUT2D eigenvalue weighted by molar-refractivity contribution is 0.498. The van der Waals surface area contributed by atoms with E-state index in [1.54, 1.807) is 21.7 Å². The Hall–Kier alpha value is -4.20. The maximum Gasteiger partial charge on any atom is 0.137 e. The van der Waals surface area contributed by atoms with Gasteiger partial charge in [0.1, 0.15) is 10.8 Å². The summed E-state index contributed by atoms with van der Waals surface area (Å²) >= 11 is 0. The summed E-state index contributed by atoms with van der Waals surface area (Å²) in [5, 5.41) is 3.21.